The molecule has 0 atom stereocenters. The number of unbranched alkanes of at least 4 members (excludes halogenated alkanes) is 3. The summed E-state index contributed by atoms with van der Waals surface area (Å²) in [5.41, 5.74) is 2.03. The van der Waals surface area contributed by atoms with Crippen LogP contribution < -0.4 is 20.1 Å². The molecule has 0 amide bonds. The highest BCUT2D eigenvalue weighted by atomic mass is 35.5. The maximum atomic E-state index is 6.13. The van der Waals surface area contributed by atoms with E-state index in [0.29, 0.717) is 10.8 Å². The number of halogens is 1. The standard InChI is InChI=1S/C21H29ClN2O2/c1-3-4-5-6-14-26-19-9-7-8-17(15-19)23-12-13-24-18-10-11-21(25-2)20(22)16-18/h7-11,15-16,23-24H,3-6,12-14H2,1-2H3. The van der Waals surface area contributed by atoms with Crippen molar-refractivity contribution < 1.29 is 9.47 Å². The molecule has 0 radical (unpaired) electrons. The number of anilines is 2. The molecular weight excluding hydrogens is 348 g/mol. The van der Waals surface area contributed by atoms with Gasteiger partial charge in [-0.05, 0) is 36.8 Å². The van der Waals surface area contributed by atoms with Crippen LogP contribution in [0.5, 0.6) is 11.5 Å². The Kier molecular flexibility index (Phi) is 8.98. The Hall–Kier alpha value is -2.07. The molecule has 4 nitrogen and oxygen atoms in total. The molecule has 0 fully saturated rings. The van der Waals surface area contributed by atoms with E-state index in [4.69, 9.17) is 21.1 Å². The average molecular weight is 377 g/mol. The van der Waals surface area contributed by atoms with Gasteiger partial charge in [0.2, 0.25) is 0 Å². The fraction of sp³-hybridized carbons (Fsp3) is 0.429. The van der Waals surface area contributed by atoms with Crippen LogP contribution in [0.2, 0.25) is 5.02 Å². The van der Waals surface area contributed by atoms with Gasteiger partial charge in [0.05, 0.1) is 18.7 Å². The van der Waals surface area contributed by atoms with Gasteiger partial charge in [-0.2, -0.15) is 0 Å². The third-order valence-electron chi connectivity index (χ3n) is 4.04. The van der Waals surface area contributed by atoms with Gasteiger partial charge in [0, 0.05) is 30.5 Å². The van der Waals surface area contributed by atoms with E-state index in [1.807, 2.05) is 42.5 Å². The van der Waals surface area contributed by atoms with Crippen molar-refractivity contribution in [3.63, 3.8) is 0 Å². The Labute approximate surface area is 161 Å². The van der Waals surface area contributed by atoms with E-state index < -0.39 is 0 Å². The van der Waals surface area contributed by atoms with Gasteiger partial charge in [0.1, 0.15) is 11.5 Å². The van der Waals surface area contributed by atoms with E-state index in [1.54, 1.807) is 7.11 Å². The van der Waals surface area contributed by atoms with Crippen molar-refractivity contribution >= 4 is 23.0 Å². The summed E-state index contributed by atoms with van der Waals surface area (Å²) >= 11 is 6.13. The van der Waals surface area contributed by atoms with Crippen molar-refractivity contribution in [3.8, 4) is 11.5 Å². The minimum atomic E-state index is 0.606. The van der Waals surface area contributed by atoms with Crippen molar-refractivity contribution in [2.45, 2.75) is 32.6 Å². The van der Waals surface area contributed by atoms with Crippen LogP contribution in [0, 0.1) is 0 Å². The zero-order valence-corrected chi connectivity index (χ0v) is 16.4. The first-order chi connectivity index (χ1) is 12.7. The molecule has 0 aromatic heterocycles. The number of nitrogens with one attached hydrogen (secondary N) is 2. The normalized spacial score (nSPS) is 10.4. The second kappa shape index (κ2) is 11.5. The summed E-state index contributed by atoms with van der Waals surface area (Å²) in [5.74, 6) is 1.60. The maximum absolute atomic E-state index is 6.13. The number of benzene rings is 2. The van der Waals surface area contributed by atoms with Gasteiger partial charge < -0.3 is 20.1 Å². The second-order valence-electron chi connectivity index (χ2n) is 6.14. The Morgan fingerprint density at radius 2 is 1.69 bits per heavy atom. The zero-order chi connectivity index (χ0) is 18.6. The fourth-order valence-corrected chi connectivity index (χ4v) is 2.86. The van der Waals surface area contributed by atoms with E-state index >= 15 is 0 Å². The first-order valence-corrected chi connectivity index (χ1v) is 9.65. The van der Waals surface area contributed by atoms with Crippen LogP contribution in [0.4, 0.5) is 11.4 Å². The van der Waals surface area contributed by atoms with Crippen LogP contribution in [0.25, 0.3) is 0 Å². The molecule has 2 aromatic rings. The molecule has 2 aromatic carbocycles. The first-order valence-electron chi connectivity index (χ1n) is 9.27. The quantitative estimate of drug-likeness (QED) is 0.457. The van der Waals surface area contributed by atoms with E-state index in [1.165, 1.54) is 19.3 Å². The van der Waals surface area contributed by atoms with Gasteiger partial charge >= 0.3 is 0 Å². The van der Waals surface area contributed by atoms with Crippen molar-refractivity contribution in [2.75, 3.05) is 37.4 Å². The Balaban J connectivity index is 1.70. The van der Waals surface area contributed by atoms with Gasteiger partial charge in [-0.15, -0.1) is 0 Å². The van der Waals surface area contributed by atoms with Crippen molar-refractivity contribution in [1.29, 1.82) is 0 Å². The van der Waals surface area contributed by atoms with Crippen molar-refractivity contribution in [2.24, 2.45) is 0 Å². The van der Waals surface area contributed by atoms with Gasteiger partial charge in [-0.1, -0.05) is 43.9 Å². The summed E-state index contributed by atoms with van der Waals surface area (Å²) in [5, 5.41) is 7.35. The molecule has 26 heavy (non-hydrogen) atoms. The van der Waals surface area contributed by atoms with Crippen LogP contribution in [0.1, 0.15) is 32.6 Å². The van der Waals surface area contributed by atoms with Crippen molar-refractivity contribution in [3.05, 3.63) is 47.5 Å². The lowest BCUT2D eigenvalue weighted by atomic mass is 10.2. The van der Waals surface area contributed by atoms with Gasteiger partial charge in [-0.3, -0.25) is 0 Å². The van der Waals surface area contributed by atoms with Crippen LogP contribution in [0.15, 0.2) is 42.5 Å². The summed E-state index contributed by atoms with van der Waals surface area (Å²) in [6, 6.07) is 13.8. The summed E-state index contributed by atoms with van der Waals surface area (Å²) in [6.45, 7) is 4.58. The van der Waals surface area contributed by atoms with Crippen LogP contribution >= 0.6 is 11.6 Å². The molecule has 142 valence electrons. The van der Waals surface area contributed by atoms with Gasteiger partial charge in [0.25, 0.3) is 0 Å². The number of rotatable bonds is 12. The van der Waals surface area contributed by atoms with E-state index in [-0.39, 0.29) is 0 Å². The summed E-state index contributed by atoms with van der Waals surface area (Å²) < 4.78 is 11.0. The lowest BCUT2D eigenvalue weighted by Crippen LogP contribution is -2.13. The third-order valence-corrected chi connectivity index (χ3v) is 4.33. The molecular formula is C21H29ClN2O2. The van der Waals surface area contributed by atoms with Crippen LogP contribution in [-0.2, 0) is 0 Å². The SMILES string of the molecule is CCCCCCOc1cccc(NCCNc2ccc(OC)c(Cl)c2)c1. The number of hydrogen-bond acceptors (Lipinski definition) is 4. The Morgan fingerprint density at radius 3 is 2.38 bits per heavy atom. The predicted octanol–water partition coefficient (Wildman–Crippen LogP) is 5.83. The Bertz CT molecular complexity index is 664. The molecule has 0 bridgehead atoms. The highest BCUT2D eigenvalue weighted by molar-refractivity contribution is 6.32. The molecule has 0 heterocycles. The molecule has 0 saturated heterocycles. The molecule has 0 aliphatic heterocycles. The Morgan fingerprint density at radius 1 is 0.923 bits per heavy atom. The topological polar surface area (TPSA) is 42.5 Å². The lowest BCUT2D eigenvalue weighted by Gasteiger charge is -2.12. The third kappa shape index (κ3) is 7.04. The van der Waals surface area contributed by atoms with Crippen molar-refractivity contribution in [1.82, 2.24) is 0 Å². The molecule has 2 rings (SSSR count). The van der Waals surface area contributed by atoms with E-state index in [9.17, 15) is 0 Å². The summed E-state index contributed by atoms with van der Waals surface area (Å²) in [7, 11) is 1.61. The highest BCUT2D eigenvalue weighted by Crippen LogP contribution is 2.27. The van der Waals surface area contributed by atoms with Crippen LogP contribution in [-0.4, -0.2) is 26.8 Å². The van der Waals surface area contributed by atoms with Gasteiger partial charge in [-0.25, -0.2) is 0 Å². The van der Waals surface area contributed by atoms with Crippen LogP contribution in [0.3, 0.4) is 0 Å². The zero-order valence-electron chi connectivity index (χ0n) is 15.7. The average Bonchev–Trinajstić information content (AvgIpc) is 2.65. The first kappa shape index (κ1) is 20.2. The number of methoxy groups -OCH3 is 1. The molecule has 0 aliphatic carbocycles. The molecule has 0 unspecified atom stereocenters. The van der Waals surface area contributed by atoms with Gasteiger partial charge in [0.15, 0.2) is 0 Å². The second-order valence-corrected chi connectivity index (χ2v) is 6.55. The molecule has 5 heteroatoms. The predicted molar refractivity (Wildman–Crippen MR) is 111 cm³/mol. The number of ether oxygens (including phenoxy) is 2. The lowest BCUT2D eigenvalue weighted by molar-refractivity contribution is 0.305. The fourth-order valence-electron chi connectivity index (χ4n) is 2.60. The largest absolute Gasteiger partial charge is 0.495 e. The van der Waals surface area contributed by atoms with E-state index in [0.717, 1.165) is 43.2 Å². The monoisotopic (exact) mass is 376 g/mol. The molecule has 0 saturated carbocycles. The number of hydrogen-bond donors (Lipinski definition) is 2. The highest BCUT2D eigenvalue weighted by Gasteiger charge is 2.01. The molecule has 0 spiro atoms. The molecule has 2 N–H and O–H groups in total. The summed E-state index contributed by atoms with van der Waals surface area (Å²) in [4.78, 5) is 0. The smallest absolute Gasteiger partial charge is 0.137 e. The minimum absolute atomic E-state index is 0.606. The summed E-state index contributed by atoms with van der Waals surface area (Å²) in [6.07, 6.45) is 4.86. The maximum Gasteiger partial charge on any atom is 0.137 e. The molecule has 0 aliphatic rings. The van der Waals surface area contributed by atoms with E-state index in [2.05, 4.69) is 17.6 Å². The minimum Gasteiger partial charge on any atom is -0.495 e.